The van der Waals surface area contributed by atoms with Crippen LogP contribution in [0.5, 0.6) is 0 Å². The van der Waals surface area contributed by atoms with Crippen LogP contribution in [0.2, 0.25) is 5.02 Å². The number of aryl methyl sites for hydroxylation is 2. The molecule has 4 nitrogen and oxygen atoms in total. The number of amides is 1. The van der Waals surface area contributed by atoms with E-state index in [-0.39, 0.29) is 17.4 Å². The van der Waals surface area contributed by atoms with Gasteiger partial charge >= 0.3 is 0 Å². The molecule has 0 spiro atoms. The van der Waals surface area contributed by atoms with E-state index < -0.39 is 17.7 Å². The van der Waals surface area contributed by atoms with Crippen molar-refractivity contribution in [2.24, 2.45) is 0 Å². The van der Waals surface area contributed by atoms with Crippen LogP contribution in [0.3, 0.4) is 0 Å². The summed E-state index contributed by atoms with van der Waals surface area (Å²) in [5.74, 6) is -1.25. The summed E-state index contributed by atoms with van der Waals surface area (Å²) in [7, 11) is 0. The number of hydrogen-bond acceptors (Lipinski definition) is 3. The van der Waals surface area contributed by atoms with Crippen molar-refractivity contribution in [1.82, 2.24) is 4.90 Å². The van der Waals surface area contributed by atoms with E-state index in [2.05, 4.69) is 0 Å². The van der Waals surface area contributed by atoms with Gasteiger partial charge in [-0.25, -0.2) is 0 Å². The predicted octanol–water partition coefficient (Wildman–Crippen LogP) is 5.32. The Morgan fingerprint density at radius 3 is 2.34 bits per heavy atom. The molecule has 2 aromatic rings. The van der Waals surface area contributed by atoms with Gasteiger partial charge in [-0.05, 0) is 56.0 Å². The second kappa shape index (κ2) is 7.68. The van der Waals surface area contributed by atoms with E-state index in [0.29, 0.717) is 10.6 Å². The number of rotatable bonds is 3. The van der Waals surface area contributed by atoms with Crippen molar-refractivity contribution in [3.05, 3.63) is 75.3 Å². The number of nitrogens with zero attached hydrogens (tertiary/aromatic N) is 1. The highest BCUT2D eigenvalue weighted by atomic mass is 35.5. The first-order valence-corrected chi connectivity index (χ1v) is 10.4. The molecule has 0 radical (unpaired) electrons. The van der Waals surface area contributed by atoms with Gasteiger partial charge in [0.05, 0.1) is 11.6 Å². The SMILES string of the molecule is Cc1ccc(C)c(/C(O)=C2\C(=O)C(=O)N(C3CCCC3)C2c2ccc(Cl)cc2)c1. The molecule has 1 unspecified atom stereocenters. The van der Waals surface area contributed by atoms with E-state index >= 15 is 0 Å². The third kappa shape index (κ3) is 3.46. The molecule has 4 rings (SSSR count). The topological polar surface area (TPSA) is 57.6 Å². The summed E-state index contributed by atoms with van der Waals surface area (Å²) < 4.78 is 0. The summed E-state index contributed by atoms with van der Waals surface area (Å²) in [6.07, 6.45) is 3.83. The van der Waals surface area contributed by atoms with E-state index in [1.54, 1.807) is 17.0 Å². The lowest BCUT2D eigenvalue weighted by atomic mass is 9.93. The number of aliphatic hydroxyl groups excluding tert-OH is 1. The van der Waals surface area contributed by atoms with Crippen molar-refractivity contribution in [3.8, 4) is 0 Å². The molecule has 2 aliphatic rings. The molecule has 2 aromatic carbocycles. The molecule has 150 valence electrons. The molecule has 5 heteroatoms. The second-order valence-electron chi connectivity index (χ2n) is 8.01. The molecule has 1 amide bonds. The first-order chi connectivity index (χ1) is 13.9. The third-order valence-electron chi connectivity index (χ3n) is 6.03. The first kappa shape index (κ1) is 19.7. The zero-order valence-electron chi connectivity index (χ0n) is 16.6. The van der Waals surface area contributed by atoms with Crippen LogP contribution in [0.25, 0.3) is 5.76 Å². The molecule has 2 fully saturated rings. The van der Waals surface area contributed by atoms with Crippen molar-refractivity contribution in [2.75, 3.05) is 0 Å². The number of likely N-dealkylation sites (tertiary alicyclic amines) is 1. The van der Waals surface area contributed by atoms with E-state index in [0.717, 1.165) is 42.4 Å². The fourth-order valence-electron chi connectivity index (χ4n) is 4.52. The van der Waals surface area contributed by atoms with Gasteiger partial charge in [0.15, 0.2) is 0 Å². The molecule has 1 heterocycles. The highest BCUT2D eigenvalue weighted by Crippen LogP contribution is 2.43. The van der Waals surface area contributed by atoms with Crippen molar-refractivity contribution in [1.29, 1.82) is 0 Å². The Kier molecular flexibility index (Phi) is 5.22. The van der Waals surface area contributed by atoms with Crippen molar-refractivity contribution in [2.45, 2.75) is 51.6 Å². The Morgan fingerprint density at radius 2 is 1.69 bits per heavy atom. The zero-order valence-corrected chi connectivity index (χ0v) is 17.4. The van der Waals surface area contributed by atoms with Crippen LogP contribution in [-0.4, -0.2) is 27.7 Å². The maximum atomic E-state index is 13.1. The quantitative estimate of drug-likeness (QED) is 0.424. The van der Waals surface area contributed by atoms with Crippen molar-refractivity contribution in [3.63, 3.8) is 0 Å². The normalized spacial score (nSPS) is 21.9. The Balaban J connectivity index is 1.92. The number of halogens is 1. The lowest BCUT2D eigenvalue weighted by molar-refractivity contribution is -0.141. The number of hydrogen-bond donors (Lipinski definition) is 1. The summed E-state index contributed by atoms with van der Waals surface area (Å²) in [4.78, 5) is 27.8. The van der Waals surface area contributed by atoms with Crippen LogP contribution >= 0.6 is 11.6 Å². The van der Waals surface area contributed by atoms with E-state index in [1.807, 2.05) is 44.2 Å². The molecule has 29 heavy (non-hydrogen) atoms. The molecule has 1 aliphatic heterocycles. The lowest BCUT2D eigenvalue weighted by Gasteiger charge is -2.30. The Morgan fingerprint density at radius 1 is 1.03 bits per heavy atom. The number of Topliss-reactive ketones (excluding diaryl/α,β-unsaturated/α-hetero) is 1. The molecule has 1 saturated heterocycles. The zero-order chi connectivity index (χ0) is 20.7. The summed E-state index contributed by atoms with van der Waals surface area (Å²) in [6.45, 7) is 3.82. The van der Waals surface area contributed by atoms with E-state index in [1.165, 1.54) is 0 Å². The molecule has 1 saturated carbocycles. The van der Waals surface area contributed by atoms with Crippen molar-refractivity contribution >= 4 is 29.1 Å². The van der Waals surface area contributed by atoms with Crippen LogP contribution in [0.4, 0.5) is 0 Å². The summed E-state index contributed by atoms with van der Waals surface area (Å²) in [5.41, 5.74) is 3.37. The first-order valence-electron chi connectivity index (χ1n) is 10.0. The summed E-state index contributed by atoms with van der Waals surface area (Å²) in [5, 5.41) is 11.8. The molecule has 1 atom stereocenters. The van der Waals surface area contributed by atoms with E-state index in [9.17, 15) is 14.7 Å². The maximum absolute atomic E-state index is 13.1. The number of ketones is 1. The standard InChI is InChI=1S/C24H24ClNO3/c1-14-7-8-15(2)19(13-14)22(27)20-21(16-9-11-17(25)12-10-16)26(24(29)23(20)28)18-5-3-4-6-18/h7-13,18,21,27H,3-6H2,1-2H3/b22-20+. The number of carbonyl (C=O) groups excluding carboxylic acids is 2. The van der Waals surface area contributed by atoms with Gasteiger partial charge in [0.2, 0.25) is 0 Å². The summed E-state index contributed by atoms with van der Waals surface area (Å²) >= 11 is 6.06. The molecule has 0 bridgehead atoms. The van der Waals surface area contributed by atoms with Crippen LogP contribution in [0, 0.1) is 13.8 Å². The fraction of sp³-hybridized carbons (Fsp3) is 0.333. The van der Waals surface area contributed by atoms with Gasteiger partial charge in [0.1, 0.15) is 5.76 Å². The maximum Gasteiger partial charge on any atom is 0.295 e. The molecule has 0 aromatic heterocycles. The molecular weight excluding hydrogens is 386 g/mol. The predicted molar refractivity (Wildman–Crippen MR) is 114 cm³/mol. The van der Waals surface area contributed by atoms with Gasteiger partial charge < -0.3 is 10.0 Å². The highest BCUT2D eigenvalue weighted by Gasteiger charge is 2.49. The summed E-state index contributed by atoms with van der Waals surface area (Å²) in [6, 6.07) is 12.3. The van der Waals surface area contributed by atoms with Gasteiger partial charge in [-0.1, -0.05) is 54.3 Å². The van der Waals surface area contributed by atoms with Gasteiger partial charge in [0.25, 0.3) is 11.7 Å². The third-order valence-corrected chi connectivity index (χ3v) is 6.28. The van der Waals surface area contributed by atoms with Gasteiger partial charge in [0, 0.05) is 16.6 Å². The largest absolute Gasteiger partial charge is 0.507 e. The molecule has 1 N–H and O–H groups in total. The minimum absolute atomic E-state index is 0.0102. The highest BCUT2D eigenvalue weighted by molar-refractivity contribution is 6.46. The molecular formula is C24H24ClNO3. The number of benzene rings is 2. The average Bonchev–Trinajstić information content (AvgIpc) is 3.31. The van der Waals surface area contributed by atoms with Crippen LogP contribution < -0.4 is 0 Å². The lowest BCUT2D eigenvalue weighted by Crippen LogP contribution is -2.37. The van der Waals surface area contributed by atoms with Gasteiger partial charge in [-0.2, -0.15) is 0 Å². The molecule has 1 aliphatic carbocycles. The van der Waals surface area contributed by atoms with Crippen LogP contribution in [0.1, 0.15) is 54.0 Å². The van der Waals surface area contributed by atoms with Gasteiger partial charge in [-0.15, -0.1) is 0 Å². The van der Waals surface area contributed by atoms with Crippen LogP contribution in [-0.2, 0) is 9.59 Å². The Labute approximate surface area is 175 Å². The number of carbonyl (C=O) groups is 2. The number of aliphatic hydroxyl groups is 1. The average molecular weight is 410 g/mol. The van der Waals surface area contributed by atoms with Gasteiger partial charge in [-0.3, -0.25) is 9.59 Å². The smallest absolute Gasteiger partial charge is 0.295 e. The Hall–Kier alpha value is -2.59. The second-order valence-corrected chi connectivity index (χ2v) is 8.45. The van der Waals surface area contributed by atoms with Crippen molar-refractivity contribution < 1.29 is 14.7 Å². The van der Waals surface area contributed by atoms with Crippen LogP contribution in [0.15, 0.2) is 48.0 Å². The Bertz CT molecular complexity index is 1000. The minimum Gasteiger partial charge on any atom is -0.507 e. The fourth-order valence-corrected chi connectivity index (χ4v) is 4.64. The minimum atomic E-state index is -0.616. The monoisotopic (exact) mass is 409 g/mol. The van der Waals surface area contributed by atoms with E-state index in [4.69, 9.17) is 11.6 Å².